The molecule has 0 atom stereocenters. The topological polar surface area (TPSA) is 111 Å². The molecule has 11 heteroatoms. The third-order valence-corrected chi connectivity index (χ3v) is 7.79. The minimum absolute atomic E-state index is 0.00193. The largest absolute Gasteiger partial charge is 0.433 e. The number of aryl methyl sites for hydroxylation is 2. The number of pyridine rings is 1. The number of carbonyl (C=O) groups is 1. The number of nitrogens with one attached hydrogen (secondary N) is 1. The van der Waals surface area contributed by atoms with Gasteiger partial charge in [0.2, 0.25) is 17.4 Å². The van der Waals surface area contributed by atoms with E-state index in [1.54, 1.807) is 6.92 Å². The number of nitrogens with zero attached hydrogens (tertiary/aromatic N) is 4. The maximum Gasteiger partial charge on any atom is 0.219 e. The van der Waals surface area contributed by atoms with Gasteiger partial charge in [0.05, 0.1) is 48.6 Å². The van der Waals surface area contributed by atoms with Crippen molar-refractivity contribution in [3.63, 3.8) is 0 Å². The van der Waals surface area contributed by atoms with Gasteiger partial charge in [-0.25, -0.2) is 18.4 Å². The van der Waals surface area contributed by atoms with Crippen molar-refractivity contribution >= 4 is 28.2 Å². The maximum absolute atomic E-state index is 14.0. The molecule has 0 spiro atoms. The van der Waals surface area contributed by atoms with E-state index in [4.69, 9.17) is 15.2 Å². The van der Waals surface area contributed by atoms with Gasteiger partial charge < -0.3 is 25.1 Å². The summed E-state index contributed by atoms with van der Waals surface area (Å²) in [6.07, 6.45) is 4.84. The molecule has 3 aromatic heterocycles. The van der Waals surface area contributed by atoms with Crippen molar-refractivity contribution in [2.75, 3.05) is 30.4 Å². The second kappa shape index (κ2) is 9.70. The Bertz CT molecular complexity index is 1810. The summed E-state index contributed by atoms with van der Waals surface area (Å²) < 4.78 is 40.2. The van der Waals surface area contributed by atoms with Crippen LogP contribution in [0.15, 0.2) is 54.9 Å². The van der Waals surface area contributed by atoms with Crippen LogP contribution in [0, 0.1) is 18.6 Å². The number of ketones is 1. The van der Waals surface area contributed by atoms with Crippen molar-refractivity contribution in [3.8, 4) is 17.3 Å². The molecule has 2 aromatic carbocycles. The lowest BCUT2D eigenvalue weighted by Gasteiger charge is -2.42. The number of aromatic nitrogens is 4. The lowest BCUT2D eigenvalue weighted by atomic mass is 9.96. The second-order valence-electron chi connectivity index (χ2n) is 10.3. The number of nitrogens with two attached hydrogens (primary N) is 1. The van der Waals surface area contributed by atoms with Gasteiger partial charge in [-0.3, -0.25) is 4.79 Å². The summed E-state index contributed by atoms with van der Waals surface area (Å²) >= 11 is 0. The molecule has 208 valence electrons. The molecule has 0 bridgehead atoms. The lowest BCUT2D eigenvalue weighted by molar-refractivity contribution is 0.00758. The fourth-order valence-electron chi connectivity index (χ4n) is 5.59. The van der Waals surface area contributed by atoms with Crippen molar-refractivity contribution in [1.82, 2.24) is 19.7 Å². The van der Waals surface area contributed by atoms with Gasteiger partial charge in [0.15, 0.2) is 11.6 Å². The molecule has 3 N–H and O–H groups in total. The Labute approximate surface area is 233 Å². The van der Waals surface area contributed by atoms with Gasteiger partial charge in [0, 0.05) is 29.2 Å². The van der Waals surface area contributed by atoms with Gasteiger partial charge in [-0.05, 0) is 61.2 Å². The lowest BCUT2D eigenvalue weighted by Crippen LogP contribution is -2.51. The predicted octanol–water partition coefficient (Wildman–Crippen LogP) is 5.09. The number of rotatable bonds is 6. The summed E-state index contributed by atoms with van der Waals surface area (Å²) in [4.78, 5) is 23.4. The van der Waals surface area contributed by atoms with Crippen molar-refractivity contribution in [2.45, 2.75) is 25.8 Å². The molecule has 41 heavy (non-hydrogen) atoms. The molecule has 5 heterocycles. The Kier molecular flexibility index (Phi) is 5.97. The fourth-order valence-corrected chi connectivity index (χ4v) is 5.59. The molecule has 0 aliphatic carbocycles. The quantitative estimate of drug-likeness (QED) is 0.280. The highest BCUT2D eigenvalue weighted by Crippen LogP contribution is 2.37. The summed E-state index contributed by atoms with van der Waals surface area (Å²) in [7, 11) is 0. The van der Waals surface area contributed by atoms with Crippen LogP contribution in [0.25, 0.3) is 16.6 Å². The zero-order chi connectivity index (χ0) is 28.2. The smallest absolute Gasteiger partial charge is 0.219 e. The highest BCUT2D eigenvalue weighted by molar-refractivity contribution is 6.13. The normalized spacial score (nSPS) is 15.1. The Morgan fingerprint density at radius 2 is 1.93 bits per heavy atom. The van der Waals surface area contributed by atoms with E-state index in [1.165, 1.54) is 40.5 Å². The summed E-state index contributed by atoms with van der Waals surface area (Å²) in [5, 5.41) is 5.37. The van der Waals surface area contributed by atoms with E-state index >= 15 is 0 Å². The van der Waals surface area contributed by atoms with Crippen LogP contribution < -0.4 is 15.4 Å². The van der Waals surface area contributed by atoms with E-state index in [1.807, 2.05) is 12.1 Å². The van der Waals surface area contributed by atoms with Crippen molar-refractivity contribution in [1.29, 1.82) is 0 Å². The third kappa shape index (κ3) is 4.20. The van der Waals surface area contributed by atoms with Crippen LogP contribution in [0.5, 0.6) is 11.6 Å². The molecule has 7 rings (SSSR count). The van der Waals surface area contributed by atoms with Crippen molar-refractivity contribution in [3.05, 3.63) is 88.9 Å². The molecule has 0 saturated carbocycles. The Balaban J connectivity index is 1.17. The van der Waals surface area contributed by atoms with Gasteiger partial charge >= 0.3 is 0 Å². The second-order valence-corrected chi connectivity index (χ2v) is 10.3. The van der Waals surface area contributed by atoms with Crippen LogP contribution >= 0.6 is 0 Å². The highest BCUT2D eigenvalue weighted by Gasteiger charge is 2.31. The molecular weight excluding hydrogens is 530 g/mol. The summed E-state index contributed by atoms with van der Waals surface area (Å²) in [5.41, 5.74) is 11.5. The van der Waals surface area contributed by atoms with Crippen LogP contribution in [0.2, 0.25) is 0 Å². The molecule has 0 radical (unpaired) electrons. The minimum Gasteiger partial charge on any atom is -0.433 e. The first-order chi connectivity index (χ1) is 19.9. The third-order valence-electron chi connectivity index (χ3n) is 7.79. The van der Waals surface area contributed by atoms with E-state index in [0.717, 1.165) is 55.6 Å². The van der Waals surface area contributed by atoms with E-state index in [9.17, 15) is 13.6 Å². The summed E-state index contributed by atoms with van der Waals surface area (Å²) in [5.74, 6) is -2.35. The number of hydrogen-bond donors (Lipinski definition) is 2. The average molecular weight is 557 g/mol. The zero-order valence-corrected chi connectivity index (χ0v) is 22.2. The molecule has 0 unspecified atom stereocenters. The van der Waals surface area contributed by atoms with Gasteiger partial charge in [-0.15, -0.1) is 0 Å². The standard InChI is InChI=1S/C30H26F2N6O3/c1-16-10-27(41-29-21(31)5-2-6-22(29)32)34-13-26(16)38-30(33)20(12-35-38)28(39)24-11-19-18-4-3-9-37(17-14-40-15-17)25(18)8-7-23(19)36-24/h2,5-8,10-13,17,36H,3-4,9,14-15,33H2,1H3. The Morgan fingerprint density at radius 1 is 1.12 bits per heavy atom. The number of ether oxygens (including phenoxy) is 2. The summed E-state index contributed by atoms with van der Waals surface area (Å²) in [6, 6.07) is 11.4. The van der Waals surface area contributed by atoms with Crippen molar-refractivity contribution < 1.29 is 23.0 Å². The molecule has 2 aliphatic heterocycles. The number of fused-ring (bicyclic) bond motifs is 3. The van der Waals surface area contributed by atoms with E-state index in [2.05, 4.69) is 26.0 Å². The monoisotopic (exact) mass is 556 g/mol. The van der Waals surface area contributed by atoms with Gasteiger partial charge in [0.25, 0.3) is 0 Å². The first-order valence-corrected chi connectivity index (χ1v) is 13.3. The minimum atomic E-state index is -0.837. The Morgan fingerprint density at radius 3 is 2.66 bits per heavy atom. The molecule has 1 saturated heterocycles. The molecule has 2 aliphatic rings. The summed E-state index contributed by atoms with van der Waals surface area (Å²) in [6.45, 7) is 4.24. The number of nitrogen functional groups attached to an aromatic ring is 1. The number of H-pyrrole nitrogens is 1. The Hall–Kier alpha value is -4.77. The van der Waals surface area contributed by atoms with Gasteiger partial charge in [-0.2, -0.15) is 5.10 Å². The maximum atomic E-state index is 14.0. The van der Waals surface area contributed by atoms with Crippen LogP contribution in [0.4, 0.5) is 20.3 Å². The molecular formula is C30H26F2N6O3. The number of aromatic amines is 1. The van der Waals surface area contributed by atoms with Gasteiger partial charge in [0.1, 0.15) is 5.82 Å². The zero-order valence-electron chi connectivity index (χ0n) is 22.2. The van der Waals surface area contributed by atoms with Gasteiger partial charge in [-0.1, -0.05) is 6.07 Å². The van der Waals surface area contributed by atoms with Crippen LogP contribution in [0.1, 0.15) is 33.6 Å². The number of carbonyl (C=O) groups excluding carboxylic acids is 1. The number of para-hydroxylation sites is 1. The molecule has 1 fully saturated rings. The van der Waals surface area contributed by atoms with E-state index < -0.39 is 17.4 Å². The average Bonchev–Trinajstić information content (AvgIpc) is 3.54. The predicted molar refractivity (Wildman–Crippen MR) is 149 cm³/mol. The SMILES string of the molecule is Cc1cc(Oc2c(F)cccc2F)ncc1-n1ncc(C(=O)c2cc3c4c(ccc3[nH]2)N(C2COC2)CCC4)c1N. The molecule has 5 aromatic rings. The van der Waals surface area contributed by atoms with Crippen LogP contribution in [-0.4, -0.2) is 51.3 Å². The fraction of sp³-hybridized carbons (Fsp3) is 0.233. The number of halogens is 2. The number of anilines is 2. The van der Waals surface area contributed by atoms with Crippen LogP contribution in [-0.2, 0) is 11.2 Å². The number of hydrogen-bond acceptors (Lipinski definition) is 7. The number of benzene rings is 2. The van der Waals surface area contributed by atoms with Crippen molar-refractivity contribution in [2.24, 2.45) is 0 Å². The first-order valence-electron chi connectivity index (χ1n) is 13.3. The van der Waals surface area contributed by atoms with E-state index in [0.29, 0.717) is 23.0 Å². The van der Waals surface area contributed by atoms with Crippen LogP contribution in [0.3, 0.4) is 0 Å². The molecule has 0 amide bonds. The molecule has 9 nitrogen and oxygen atoms in total. The highest BCUT2D eigenvalue weighted by atomic mass is 19.1. The first kappa shape index (κ1) is 25.2. The van der Waals surface area contributed by atoms with E-state index in [-0.39, 0.29) is 23.0 Å².